The lowest BCUT2D eigenvalue weighted by Gasteiger charge is -2.32. The van der Waals surface area contributed by atoms with Crippen LogP contribution in [0.1, 0.15) is 12.8 Å². The molecule has 1 aromatic rings. The van der Waals surface area contributed by atoms with Gasteiger partial charge in [-0.3, -0.25) is 13.9 Å². The molecule has 1 aliphatic heterocycles. The summed E-state index contributed by atoms with van der Waals surface area (Å²) in [7, 11) is -2.30. The molecule has 1 amide bonds. The summed E-state index contributed by atoms with van der Waals surface area (Å²) in [6.45, 7) is 0.486. The van der Waals surface area contributed by atoms with Gasteiger partial charge < -0.3 is 9.64 Å². The molecule has 0 saturated carbocycles. The molecule has 0 aromatic heterocycles. The van der Waals surface area contributed by atoms with Gasteiger partial charge in [0.2, 0.25) is 15.9 Å². The monoisotopic (exact) mass is 388 g/mol. The Morgan fingerprint density at radius 2 is 1.96 bits per heavy atom. The van der Waals surface area contributed by atoms with Gasteiger partial charge in [0.15, 0.2) is 0 Å². The molecular weight excluding hydrogens is 368 g/mol. The van der Waals surface area contributed by atoms with Gasteiger partial charge in [-0.05, 0) is 31.0 Å². The third-order valence-corrected chi connectivity index (χ3v) is 5.53. The zero-order valence-corrected chi connectivity index (χ0v) is 15.7. The number of sulfonamides is 1. The first-order chi connectivity index (χ1) is 11.7. The highest BCUT2D eigenvalue weighted by Crippen LogP contribution is 2.23. The van der Waals surface area contributed by atoms with E-state index in [2.05, 4.69) is 0 Å². The lowest BCUT2D eigenvalue weighted by molar-refractivity contribution is -0.148. The number of methoxy groups -OCH3 is 1. The molecule has 25 heavy (non-hydrogen) atoms. The van der Waals surface area contributed by atoms with Crippen molar-refractivity contribution in [3.05, 3.63) is 29.3 Å². The largest absolute Gasteiger partial charge is 0.469 e. The topological polar surface area (TPSA) is 84.0 Å². The number of esters is 1. The smallest absolute Gasteiger partial charge is 0.308 e. The number of piperidine rings is 1. The average Bonchev–Trinajstić information content (AvgIpc) is 2.57. The highest BCUT2D eigenvalue weighted by Gasteiger charge is 2.30. The molecule has 0 N–H and O–H groups in total. The summed E-state index contributed by atoms with van der Waals surface area (Å²) in [5, 5.41) is 0.387. The highest BCUT2D eigenvalue weighted by atomic mass is 35.5. The molecule has 0 bridgehead atoms. The summed E-state index contributed by atoms with van der Waals surface area (Å²) in [5.74, 6) is -0.800. The zero-order valence-electron chi connectivity index (χ0n) is 14.1. The minimum atomic E-state index is -3.64. The summed E-state index contributed by atoms with van der Waals surface area (Å²) < 4.78 is 29.9. The van der Waals surface area contributed by atoms with Crippen molar-refractivity contribution in [1.82, 2.24) is 4.90 Å². The van der Waals surface area contributed by atoms with Crippen LogP contribution < -0.4 is 4.31 Å². The van der Waals surface area contributed by atoms with Gasteiger partial charge in [0.1, 0.15) is 6.54 Å². The lowest BCUT2D eigenvalue weighted by Crippen LogP contribution is -2.46. The van der Waals surface area contributed by atoms with Crippen molar-refractivity contribution < 1.29 is 22.7 Å². The minimum absolute atomic E-state index is 0.215. The van der Waals surface area contributed by atoms with E-state index >= 15 is 0 Å². The van der Waals surface area contributed by atoms with Crippen molar-refractivity contribution in [2.45, 2.75) is 12.8 Å². The maximum absolute atomic E-state index is 12.5. The molecule has 0 unspecified atom stereocenters. The number of hydrogen-bond acceptors (Lipinski definition) is 5. The third kappa shape index (κ3) is 5.09. The number of carbonyl (C=O) groups is 2. The second-order valence-electron chi connectivity index (χ2n) is 5.93. The van der Waals surface area contributed by atoms with Crippen LogP contribution in [0.5, 0.6) is 0 Å². The van der Waals surface area contributed by atoms with Gasteiger partial charge in [-0.15, -0.1) is 0 Å². The van der Waals surface area contributed by atoms with E-state index in [4.69, 9.17) is 16.3 Å². The molecule has 1 saturated heterocycles. The van der Waals surface area contributed by atoms with Crippen LogP contribution in [0.15, 0.2) is 24.3 Å². The SMILES string of the molecule is COC(=O)C1CCN(C(=O)CN(c2cccc(Cl)c2)S(C)(=O)=O)CC1. The molecule has 7 nitrogen and oxygen atoms in total. The molecule has 0 atom stereocenters. The lowest BCUT2D eigenvalue weighted by atomic mass is 9.97. The fourth-order valence-corrected chi connectivity index (χ4v) is 3.81. The van der Waals surface area contributed by atoms with E-state index in [1.807, 2.05) is 0 Å². The number of ether oxygens (including phenoxy) is 1. The Balaban J connectivity index is 2.07. The average molecular weight is 389 g/mol. The van der Waals surface area contributed by atoms with Crippen molar-refractivity contribution in [2.24, 2.45) is 5.92 Å². The van der Waals surface area contributed by atoms with Gasteiger partial charge >= 0.3 is 5.97 Å². The predicted molar refractivity (Wildman–Crippen MR) is 95.0 cm³/mol. The fraction of sp³-hybridized carbons (Fsp3) is 0.500. The number of rotatable bonds is 5. The van der Waals surface area contributed by atoms with E-state index < -0.39 is 10.0 Å². The molecule has 138 valence electrons. The quantitative estimate of drug-likeness (QED) is 0.714. The zero-order chi connectivity index (χ0) is 18.6. The first-order valence-corrected chi connectivity index (χ1v) is 10.0. The Morgan fingerprint density at radius 3 is 2.48 bits per heavy atom. The summed E-state index contributed by atoms with van der Waals surface area (Å²) in [4.78, 5) is 25.6. The van der Waals surface area contributed by atoms with Crippen molar-refractivity contribution in [3.63, 3.8) is 0 Å². The molecule has 0 radical (unpaired) electrons. The molecule has 1 aliphatic rings. The number of amides is 1. The van der Waals surface area contributed by atoms with Crippen LogP contribution in [0.4, 0.5) is 5.69 Å². The van der Waals surface area contributed by atoms with Crippen molar-refractivity contribution >= 4 is 39.2 Å². The second kappa shape index (κ2) is 8.05. The van der Waals surface area contributed by atoms with Gasteiger partial charge in [0.25, 0.3) is 0 Å². The number of carbonyl (C=O) groups excluding carboxylic acids is 2. The molecule has 0 aliphatic carbocycles. The third-order valence-electron chi connectivity index (χ3n) is 4.16. The summed E-state index contributed by atoms with van der Waals surface area (Å²) in [6.07, 6.45) is 2.06. The minimum Gasteiger partial charge on any atom is -0.469 e. The van der Waals surface area contributed by atoms with Gasteiger partial charge in [0.05, 0.1) is 25.0 Å². The summed E-state index contributed by atoms with van der Waals surface area (Å²) >= 11 is 5.92. The molecule has 1 heterocycles. The second-order valence-corrected chi connectivity index (χ2v) is 8.27. The Morgan fingerprint density at radius 1 is 1.32 bits per heavy atom. The van der Waals surface area contributed by atoms with Gasteiger partial charge in [0, 0.05) is 18.1 Å². The van der Waals surface area contributed by atoms with E-state index in [9.17, 15) is 18.0 Å². The molecule has 1 aromatic carbocycles. The van der Waals surface area contributed by atoms with E-state index in [-0.39, 0.29) is 24.3 Å². The number of hydrogen-bond donors (Lipinski definition) is 0. The Hall–Kier alpha value is -1.80. The Bertz CT molecular complexity index is 745. The van der Waals surface area contributed by atoms with E-state index in [0.717, 1.165) is 10.6 Å². The van der Waals surface area contributed by atoms with E-state index in [0.29, 0.717) is 36.6 Å². The number of anilines is 1. The number of benzene rings is 1. The predicted octanol–water partition coefficient (Wildman–Crippen LogP) is 1.52. The molecular formula is C16H21ClN2O5S. The first-order valence-electron chi connectivity index (χ1n) is 7.81. The molecule has 0 spiro atoms. The van der Waals surface area contributed by atoms with Crippen molar-refractivity contribution in [1.29, 1.82) is 0 Å². The van der Waals surface area contributed by atoms with Crippen LogP contribution in [-0.2, 0) is 24.3 Å². The maximum Gasteiger partial charge on any atom is 0.308 e. The van der Waals surface area contributed by atoms with Crippen LogP contribution in [0.25, 0.3) is 0 Å². The van der Waals surface area contributed by atoms with Gasteiger partial charge in [-0.2, -0.15) is 0 Å². The van der Waals surface area contributed by atoms with Crippen molar-refractivity contribution in [2.75, 3.05) is 37.3 Å². The van der Waals surface area contributed by atoms with Gasteiger partial charge in [-0.25, -0.2) is 8.42 Å². The molecule has 9 heteroatoms. The van der Waals surface area contributed by atoms with Crippen LogP contribution >= 0.6 is 11.6 Å². The van der Waals surface area contributed by atoms with Crippen LogP contribution in [0.2, 0.25) is 5.02 Å². The fourth-order valence-electron chi connectivity index (χ4n) is 2.79. The summed E-state index contributed by atoms with van der Waals surface area (Å²) in [5.41, 5.74) is 0.341. The number of likely N-dealkylation sites (tertiary alicyclic amines) is 1. The van der Waals surface area contributed by atoms with E-state index in [1.54, 1.807) is 23.1 Å². The normalized spacial score (nSPS) is 15.7. The molecule has 2 rings (SSSR count). The number of halogens is 1. The Labute approximate surface area is 152 Å². The van der Waals surface area contributed by atoms with Crippen molar-refractivity contribution in [3.8, 4) is 0 Å². The van der Waals surface area contributed by atoms with Crippen LogP contribution in [-0.4, -0.2) is 58.2 Å². The van der Waals surface area contributed by atoms with Crippen LogP contribution in [0.3, 0.4) is 0 Å². The molecule has 1 fully saturated rings. The van der Waals surface area contributed by atoms with Gasteiger partial charge in [-0.1, -0.05) is 17.7 Å². The maximum atomic E-state index is 12.5. The first kappa shape index (κ1) is 19.5. The van der Waals surface area contributed by atoms with Crippen LogP contribution in [0, 0.1) is 5.92 Å². The Kier molecular flexibility index (Phi) is 6.29. The number of nitrogens with zero attached hydrogens (tertiary/aromatic N) is 2. The standard InChI is InChI=1S/C16H21ClN2O5S/c1-24-16(21)12-6-8-18(9-7-12)15(20)11-19(25(2,22)23)14-5-3-4-13(17)10-14/h3-5,10,12H,6-9,11H2,1-2H3. The summed E-state index contributed by atoms with van der Waals surface area (Å²) in [6, 6.07) is 6.34. The highest BCUT2D eigenvalue weighted by molar-refractivity contribution is 7.92. The van der Waals surface area contributed by atoms with E-state index in [1.165, 1.54) is 13.2 Å².